The van der Waals surface area contributed by atoms with Crippen molar-refractivity contribution in [3.05, 3.63) is 29.8 Å². The van der Waals surface area contributed by atoms with Crippen LogP contribution in [0.3, 0.4) is 0 Å². The number of nitrogens with zero attached hydrogens (tertiary/aromatic N) is 1. The van der Waals surface area contributed by atoms with Crippen LogP contribution in [0.5, 0.6) is 0 Å². The van der Waals surface area contributed by atoms with E-state index in [1.165, 1.54) is 11.8 Å². The molecule has 1 aliphatic heterocycles. The molecular formula is C17H21NO3S. The molecule has 1 saturated heterocycles. The molecule has 4 nitrogen and oxygen atoms in total. The number of likely N-dealkylation sites (tertiary alicyclic amines) is 1. The van der Waals surface area contributed by atoms with Crippen LogP contribution in [-0.2, 0) is 9.59 Å². The summed E-state index contributed by atoms with van der Waals surface area (Å²) in [6, 6.07) is 7.34. The maximum atomic E-state index is 12.5. The highest BCUT2D eigenvalue weighted by Crippen LogP contribution is 2.42. The van der Waals surface area contributed by atoms with Crippen molar-refractivity contribution in [1.82, 2.24) is 4.90 Å². The van der Waals surface area contributed by atoms with Gasteiger partial charge in [0.15, 0.2) is 0 Å². The fourth-order valence-corrected chi connectivity index (χ4v) is 4.73. The van der Waals surface area contributed by atoms with E-state index in [1.807, 2.05) is 31.2 Å². The van der Waals surface area contributed by atoms with Crippen LogP contribution in [0, 0.1) is 18.8 Å². The van der Waals surface area contributed by atoms with Crippen molar-refractivity contribution < 1.29 is 14.7 Å². The monoisotopic (exact) mass is 319 g/mol. The summed E-state index contributed by atoms with van der Waals surface area (Å²) in [6.07, 6.45) is 3.10. The number of benzene rings is 1. The van der Waals surface area contributed by atoms with E-state index >= 15 is 0 Å². The van der Waals surface area contributed by atoms with Crippen LogP contribution in [0.4, 0.5) is 0 Å². The van der Waals surface area contributed by atoms with Crippen molar-refractivity contribution in [2.75, 3.05) is 12.3 Å². The van der Waals surface area contributed by atoms with Crippen LogP contribution in [0.1, 0.15) is 24.8 Å². The Morgan fingerprint density at radius 2 is 2.09 bits per heavy atom. The zero-order valence-corrected chi connectivity index (χ0v) is 13.5. The van der Waals surface area contributed by atoms with Crippen LogP contribution in [0.15, 0.2) is 29.2 Å². The maximum absolute atomic E-state index is 12.5. The number of carbonyl (C=O) groups is 2. The number of carboxylic acids is 1. The lowest BCUT2D eigenvalue weighted by molar-refractivity contribution is -0.148. The molecule has 1 aromatic rings. The lowest BCUT2D eigenvalue weighted by Crippen LogP contribution is -2.44. The number of carbonyl (C=O) groups excluding carboxylic acids is 1. The molecule has 5 heteroatoms. The largest absolute Gasteiger partial charge is 0.480 e. The summed E-state index contributed by atoms with van der Waals surface area (Å²) in [6.45, 7) is 2.64. The Balaban J connectivity index is 1.67. The molecule has 0 aromatic heterocycles. The number of amides is 1. The fourth-order valence-electron chi connectivity index (χ4n) is 3.82. The number of aliphatic carboxylic acids is 1. The Morgan fingerprint density at radius 1 is 1.32 bits per heavy atom. The van der Waals surface area contributed by atoms with Gasteiger partial charge in [0.1, 0.15) is 6.04 Å². The molecule has 0 radical (unpaired) electrons. The standard InChI is InChI=1S/C17H21NO3S/c1-11-5-2-3-8-14(11)22-10-15(19)18-9-12-6-4-7-13(12)16(18)17(20)21/h2-3,5,8,12-13,16H,4,6-7,9-10H2,1H3,(H,20,21). The summed E-state index contributed by atoms with van der Waals surface area (Å²) in [7, 11) is 0. The third-order valence-electron chi connectivity index (χ3n) is 4.91. The topological polar surface area (TPSA) is 57.6 Å². The Bertz CT molecular complexity index is 589. The number of aryl methyl sites for hydroxylation is 1. The van der Waals surface area contributed by atoms with E-state index in [9.17, 15) is 14.7 Å². The quantitative estimate of drug-likeness (QED) is 0.867. The molecule has 2 aliphatic rings. The van der Waals surface area contributed by atoms with E-state index in [-0.39, 0.29) is 11.8 Å². The Morgan fingerprint density at radius 3 is 2.82 bits per heavy atom. The normalized spacial score (nSPS) is 27.0. The maximum Gasteiger partial charge on any atom is 0.326 e. The van der Waals surface area contributed by atoms with E-state index in [4.69, 9.17) is 0 Å². The molecule has 2 fully saturated rings. The van der Waals surface area contributed by atoms with Gasteiger partial charge in [-0.25, -0.2) is 4.79 Å². The molecule has 1 N–H and O–H groups in total. The third kappa shape index (κ3) is 2.86. The molecule has 1 aliphatic carbocycles. The molecular weight excluding hydrogens is 298 g/mol. The number of rotatable bonds is 4. The summed E-state index contributed by atoms with van der Waals surface area (Å²) in [5.74, 6) is -0.0363. The predicted molar refractivity (Wildman–Crippen MR) is 85.9 cm³/mol. The average molecular weight is 319 g/mol. The summed E-state index contributed by atoms with van der Waals surface area (Å²) >= 11 is 1.50. The smallest absolute Gasteiger partial charge is 0.326 e. The summed E-state index contributed by atoms with van der Waals surface area (Å²) in [5, 5.41) is 9.51. The molecule has 1 aromatic carbocycles. The van der Waals surface area contributed by atoms with Crippen molar-refractivity contribution >= 4 is 23.6 Å². The molecule has 1 heterocycles. The van der Waals surface area contributed by atoms with Crippen molar-refractivity contribution in [3.63, 3.8) is 0 Å². The minimum atomic E-state index is -0.844. The zero-order chi connectivity index (χ0) is 15.7. The second-order valence-electron chi connectivity index (χ2n) is 6.24. The molecule has 118 valence electrons. The summed E-state index contributed by atoms with van der Waals surface area (Å²) in [4.78, 5) is 26.8. The van der Waals surface area contributed by atoms with E-state index < -0.39 is 12.0 Å². The number of fused-ring (bicyclic) bond motifs is 1. The highest BCUT2D eigenvalue weighted by molar-refractivity contribution is 8.00. The molecule has 0 bridgehead atoms. The van der Waals surface area contributed by atoms with Gasteiger partial charge < -0.3 is 10.0 Å². The van der Waals surface area contributed by atoms with Crippen LogP contribution in [-0.4, -0.2) is 40.2 Å². The van der Waals surface area contributed by atoms with Crippen molar-refractivity contribution in [2.45, 2.75) is 37.1 Å². The summed E-state index contributed by atoms with van der Waals surface area (Å²) in [5.41, 5.74) is 1.15. The predicted octanol–water partition coefficient (Wildman–Crippen LogP) is 2.80. The summed E-state index contributed by atoms with van der Waals surface area (Å²) < 4.78 is 0. The van der Waals surface area contributed by atoms with Crippen LogP contribution < -0.4 is 0 Å². The minimum absolute atomic E-state index is 0.0462. The van der Waals surface area contributed by atoms with Crippen LogP contribution >= 0.6 is 11.8 Å². The first-order valence-corrected chi connectivity index (χ1v) is 8.77. The minimum Gasteiger partial charge on any atom is -0.480 e. The molecule has 3 unspecified atom stereocenters. The number of carboxylic acid groups (broad SMARTS) is 1. The Kier molecular flexibility index (Phi) is 4.43. The van der Waals surface area contributed by atoms with Crippen molar-refractivity contribution in [2.24, 2.45) is 11.8 Å². The second-order valence-corrected chi connectivity index (χ2v) is 7.26. The van der Waals surface area contributed by atoms with Gasteiger partial charge in [-0.1, -0.05) is 24.6 Å². The number of thioether (sulfide) groups is 1. The van der Waals surface area contributed by atoms with Gasteiger partial charge in [-0.3, -0.25) is 4.79 Å². The van der Waals surface area contributed by atoms with Crippen molar-refractivity contribution in [1.29, 1.82) is 0 Å². The number of hydrogen-bond donors (Lipinski definition) is 1. The van der Waals surface area contributed by atoms with E-state index in [0.29, 0.717) is 18.2 Å². The van der Waals surface area contributed by atoms with E-state index in [2.05, 4.69) is 0 Å². The van der Waals surface area contributed by atoms with Gasteiger partial charge in [-0.2, -0.15) is 0 Å². The first kappa shape index (κ1) is 15.4. The average Bonchev–Trinajstić information content (AvgIpc) is 3.05. The molecule has 22 heavy (non-hydrogen) atoms. The first-order chi connectivity index (χ1) is 10.6. The van der Waals surface area contributed by atoms with Gasteiger partial charge in [0, 0.05) is 11.4 Å². The van der Waals surface area contributed by atoms with Gasteiger partial charge >= 0.3 is 5.97 Å². The number of hydrogen-bond acceptors (Lipinski definition) is 3. The fraction of sp³-hybridized carbons (Fsp3) is 0.529. The highest BCUT2D eigenvalue weighted by Gasteiger charge is 2.49. The van der Waals surface area contributed by atoms with Gasteiger partial charge in [0.2, 0.25) is 5.91 Å². The van der Waals surface area contributed by atoms with Crippen molar-refractivity contribution in [3.8, 4) is 0 Å². The van der Waals surface area contributed by atoms with Gasteiger partial charge in [0.25, 0.3) is 0 Å². The third-order valence-corrected chi connectivity index (χ3v) is 6.07. The Hall–Kier alpha value is -1.49. The van der Waals surface area contributed by atoms with Gasteiger partial charge in [0.05, 0.1) is 5.75 Å². The second kappa shape index (κ2) is 6.32. The molecule has 1 saturated carbocycles. The highest BCUT2D eigenvalue weighted by atomic mass is 32.2. The van der Waals surface area contributed by atoms with Gasteiger partial charge in [-0.05, 0) is 43.2 Å². The zero-order valence-electron chi connectivity index (χ0n) is 12.7. The van der Waals surface area contributed by atoms with Crippen LogP contribution in [0.25, 0.3) is 0 Å². The lowest BCUT2D eigenvalue weighted by atomic mass is 9.94. The Labute approximate surface area is 134 Å². The first-order valence-electron chi connectivity index (χ1n) is 7.78. The molecule has 3 rings (SSSR count). The van der Waals surface area contributed by atoms with Gasteiger partial charge in [-0.15, -0.1) is 11.8 Å². The van der Waals surface area contributed by atoms with E-state index in [1.54, 1.807) is 4.90 Å². The lowest BCUT2D eigenvalue weighted by Gasteiger charge is -2.24. The van der Waals surface area contributed by atoms with Crippen LogP contribution in [0.2, 0.25) is 0 Å². The molecule has 0 spiro atoms. The van der Waals surface area contributed by atoms with E-state index in [0.717, 1.165) is 29.7 Å². The molecule has 3 atom stereocenters. The molecule has 1 amide bonds. The SMILES string of the molecule is Cc1ccccc1SCC(=O)N1CC2CCCC2C1C(=O)O.